The first kappa shape index (κ1) is 16.0. The number of amides is 2. The molecule has 0 aromatic carbocycles. The Hall–Kier alpha value is -1.40. The maximum Gasteiger partial charge on any atom is 0.239 e. The van der Waals surface area contributed by atoms with Crippen LogP contribution in [0.4, 0.5) is 0 Å². The van der Waals surface area contributed by atoms with Crippen LogP contribution in [0, 0.1) is 5.41 Å². The van der Waals surface area contributed by atoms with Crippen molar-refractivity contribution in [1.82, 2.24) is 15.5 Å². The number of rotatable bonds is 4. The van der Waals surface area contributed by atoms with Crippen molar-refractivity contribution < 1.29 is 9.59 Å². The molecule has 1 aromatic heterocycles. The van der Waals surface area contributed by atoms with Crippen molar-refractivity contribution in [3.05, 3.63) is 22.4 Å². The van der Waals surface area contributed by atoms with Gasteiger partial charge in [0.05, 0.1) is 13.1 Å². The topological polar surface area (TPSA) is 61.4 Å². The monoisotopic (exact) mass is 309 g/mol. The number of nitrogens with one attached hydrogen (secondary N) is 2. The molecule has 2 amide bonds. The van der Waals surface area contributed by atoms with Crippen molar-refractivity contribution in [2.75, 3.05) is 26.2 Å². The molecule has 0 aliphatic carbocycles. The number of hydrogen-bond donors (Lipinski definition) is 2. The molecule has 1 fully saturated rings. The quantitative estimate of drug-likeness (QED) is 0.883. The van der Waals surface area contributed by atoms with Gasteiger partial charge in [0.2, 0.25) is 11.8 Å². The Morgan fingerprint density at radius 2 is 2.29 bits per heavy atom. The average molecular weight is 309 g/mol. The largest absolute Gasteiger partial charge is 0.353 e. The van der Waals surface area contributed by atoms with Gasteiger partial charge in [0, 0.05) is 24.0 Å². The summed E-state index contributed by atoms with van der Waals surface area (Å²) in [7, 11) is 0. The second-order valence-corrected chi connectivity index (χ2v) is 7.34. The molecule has 0 radical (unpaired) electrons. The number of thiophene rings is 1. The van der Waals surface area contributed by atoms with E-state index in [1.54, 1.807) is 16.2 Å². The summed E-state index contributed by atoms with van der Waals surface area (Å²) in [5.41, 5.74) is 0.0183. The third-order valence-electron chi connectivity index (χ3n) is 3.54. The summed E-state index contributed by atoms with van der Waals surface area (Å²) in [6.45, 7) is 8.02. The number of carbonyl (C=O) groups is 2. The van der Waals surface area contributed by atoms with Crippen molar-refractivity contribution in [1.29, 1.82) is 0 Å². The summed E-state index contributed by atoms with van der Waals surface area (Å²) in [4.78, 5) is 26.4. The van der Waals surface area contributed by atoms with Crippen LogP contribution < -0.4 is 10.6 Å². The number of piperazine rings is 1. The van der Waals surface area contributed by atoms with Crippen molar-refractivity contribution in [3.63, 3.8) is 0 Å². The summed E-state index contributed by atoms with van der Waals surface area (Å²) in [5.74, 6) is -0.101. The molecule has 0 bridgehead atoms. The minimum atomic E-state index is -0.0831. The molecule has 0 saturated carbocycles. The maximum absolute atomic E-state index is 12.2. The standard InChI is InChI=1S/C15H23N3O2S/c1-15(2,3)14(11-5-4-8-21-11)17-9-13(20)18-7-6-16-12(19)10-18/h4-5,8,14,17H,6-7,9-10H2,1-3H3,(H,16,19)/t14-/m0/s1. The first-order chi connectivity index (χ1) is 9.88. The first-order valence-electron chi connectivity index (χ1n) is 7.19. The van der Waals surface area contributed by atoms with Crippen molar-refractivity contribution >= 4 is 23.2 Å². The second kappa shape index (κ2) is 6.58. The molecular formula is C15H23N3O2S. The Labute approximate surface area is 129 Å². The summed E-state index contributed by atoms with van der Waals surface area (Å²) >= 11 is 1.69. The normalized spacial score (nSPS) is 17.5. The molecule has 1 saturated heterocycles. The molecule has 5 nitrogen and oxygen atoms in total. The van der Waals surface area contributed by atoms with E-state index in [9.17, 15) is 9.59 Å². The molecule has 0 spiro atoms. The zero-order valence-electron chi connectivity index (χ0n) is 12.8. The van der Waals surface area contributed by atoms with Gasteiger partial charge in [-0.15, -0.1) is 11.3 Å². The molecule has 1 aromatic rings. The fourth-order valence-electron chi connectivity index (χ4n) is 2.44. The lowest BCUT2D eigenvalue weighted by Crippen LogP contribution is -2.52. The zero-order chi connectivity index (χ0) is 15.5. The molecule has 1 aliphatic rings. The maximum atomic E-state index is 12.2. The van der Waals surface area contributed by atoms with Gasteiger partial charge in [-0.2, -0.15) is 0 Å². The van der Waals surface area contributed by atoms with E-state index in [1.807, 2.05) is 11.4 Å². The van der Waals surface area contributed by atoms with Crippen LogP contribution in [-0.2, 0) is 9.59 Å². The highest BCUT2D eigenvalue weighted by molar-refractivity contribution is 7.10. The molecule has 21 heavy (non-hydrogen) atoms. The summed E-state index contributed by atoms with van der Waals surface area (Å²) < 4.78 is 0. The minimum absolute atomic E-state index is 0.0179. The lowest BCUT2D eigenvalue weighted by molar-refractivity contribution is -0.137. The fourth-order valence-corrected chi connectivity index (χ4v) is 3.49. The molecule has 0 unspecified atom stereocenters. The third kappa shape index (κ3) is 4.28. The Morgan fingerprint density at radius 3 is 2.86 bits per heavy atom. The van der Waals surface area contributed by atoms with E-state index in [-0.39, 0.29) is 36.4 Å². The Kier molecular flexibility index (Phi) is 5.00. The predicted octanol–water partition coefficient (Wildman–Crippen LogP) is 1.38. The SMILES string of the molecule is CC(C)(C)[C@@H](NCC(=O)N1CCNC(=O)C1)c1cccs1. The number of hydrogen-bond acceptors (Lipinski definition) is 4. The van der Waals surface area contributed by atoms with Crippen molar-refractivity contribution in [3.8, 4) is 0 Å². The Balaban J connectivity index is 1.96. The summed E-state index contributed by atoms with van der Waals surface area (Å²) in [6.07, 6.45) is 0. The summed E-state index contributed by atoms with van der Waals surface area (Å²) in [5, 5.41) is 8.14. The predicted molar refractivity (Wildman–Crippen MR) is 84.1 cm³/mol. The van der Waals surface area contributed by atoms with Gasteiger partial charge in [0.1, 0.15) is 0 Å². The zero-order valence-corrected chi connectivity index (χ0v) is 13.6. The molecule has 116 valence electrons. The van der Waals surface area contributed by atoms with Crippen LogP contribution in [0.25, 0.3) is 0 Å². The Morgan fingerprint density at radius 1 is 1.52 bits per heavy atom. The molecule has 2 rings (SSSR count). The molecule has 6 heteroatoms. The van der Waals surface area contributed by atoms with E-state index in [0.717, 1.165) is 0 Å². The first-order valence-corrected chi connectivity index (χ1v) is 8.07. The average Bonchev–Trinajstić information content (AvgIpc) is 2.91. The van der Waals surface area contributed by atoms with Gasteiger partial charge in [0.25, 0.3) is 0 Å². The summed E-state index contributed by atoms with van der Waals surface area (Å²) in [6, 6.07) is 4.24. The van der Waals surface area contributed by atoms with Crippen LogP contribution in [0.3, 0.4) is 0 Å². The van der Waals surface area contributed by atoms with Crippen LogP contribution in [0.5, 0.6) is 0 Å². The lowest BCUT2D eigenvalue weighted by atomic mass is 9.86. The third-order valence-corrected chi connectivity index (χ3v) is 4.48. The van der Waals surface area contributed by atoms with Gasteiger partial charge in [-0.05, 0) is 16.9 Å². The van der Waals surface area contributed by atoms with E-state index in [2.05, 4.69) is 37.5 Å². The van der Waals surface area contributed by atoms with Gasteiger partial charge < -0.3 is 15.5 Å². The smallest absolute Gasteiger partial charge is 0.239 e. The van der Waals surface area contributed by atoms with Gasteiger partial charge in [0.15, 0.2) is 0 Å². The molecule has 2 N–H and O–H groups in total. The van der Waals surface area contributed by atoms with E-state index < -0.39 is 0 Å². The molecule has 1 aliphatic heterocycles. The van der Waals surface area contributed by atoms with Crippen LogP contribution in [0.2, 0.25) is 0 Å². The van der Waals surface area contributed by atoms with E-state index in [1.165, 1.54) is 4.88 Å². The second-order valence-electron chi connectivity index (χ2n) is 6.36. The Bertz CT molecular complexity index is 494. The van der Waals surface area contributed by atoms with Crippen LogP contribution in [0.15, 0.2) is 17.5 Å². The number of carbonyl (C=O) groups excluding carboxylic acids is 2. The number of nitrogens with zero attached hydrogens (tertiary/aromatic N) is 1. The lowest BCUT2D eigenvalue weighted by Gasteiger charge is -2.32. The van der Waals surface area contributed by atoms with Crippen LogP contribution in [-0.4, -0.2) is 42.9 Å². The molecular weight excluding hydrogens is 286 g/mol. The highest BCUT2D eigenvalue weighted by Crippen LogP contribution is 2.34. The van der Waals surface area contributed by atoms with E-state index in [0.29, 0.717) is 13.1 Å². The van der Waals surface area contributed by atoms with E-state index in [4.69, 9.17) is 0 Å². The highest BCUT2D eigenvalue weighted by atomic mass is 32.1. The fraction of sp³-hybridized carbons (Fsp3) is 0.600. The van der Waals surface area contributed by atoms with E-state index >= 15 is 0 Å². The van der Waals surface area contributed by atoms with Gasteiger partial charge >= 0.3 is 0 Å². The molecule has 2 heterocycles. The molecule has 1 atom stereocenters. The van der Waals surface area contributed by atoms with Gasteiger partial charge in [-0.3, -0.25) is 9.59 Å². The highest BCUT2D eigenvalue weighted by Gasteiger charge is 2.28. The van der Waals surface area contributed by atoms with Crippen molar-refractivity contribution in [2.45, 2.75) is 26.8 Å². The van der Waals surface area contributed by atoms with Gasteiger partial charge in [-0.25, -0.2) is 0 Å². The van der Waals surface area contributed by atoms with Crippen LogP contribution >= 0.6 is 11.3 Å². The van der Waals surface area contributed by atoms with Crippen molar-refractivity contribution in [2.24, 2.45) is 5.41 Å². The van der Waals surface area contributed by atoms with Crippen LogP contribution in [0.1, 0.15) is 31.7 Å². The minimum Gasteiger partial charge on any atom is -0.353 e. The van der Waals surface area contributed by atoms with Gasteiger partial charge in [-0.1, -0.05) is 26.8 Å².